The first kappa shape index (κ1) is 22.2. The second kappa shape index (κ2) is 16.1. The number of rotatable bonds is 7. The fourth-order valence-electron chi connectivity index (χ4n) is 1.59. The van der Waals surface area contributed by atoms with Gasteiger partial charge in [0.2, 0.25) is 0 Å². The Morgan fingerprint density at radius 2 is 1.44 bits per heavy atom. The first-order chi connectivity index (χ1) is 12.1. The molecule has 0 saturated carbocycles. The summed E-state index contributed by atoms with van der Waals surface area (Å²) in [6, 6.07) is 0. The van der Waals surface area contributed by atoms with E-state index in [0.717, 1.165) is 44.9 Å². The molecule has 0 bridgehead atoms. The lowest BCUT2D eigenvalue weighted by atomic mass is 10.1. The molecule has 0 radical (unpaired) electrons. The van der Waals surface area contributed by atoms with Gasteiger partial charge in [0.15, 0.2) is 0 Å². The maximum atomic E-state index is 9.42. The summed E-state index contributed by atoms with van der Waals surface area (Å²) in [4.78, 5) is 0. The summed E-state index contributed by atoms with van der Waals surface area (Å²) in [6.07, 6.45) is 19.5. The minimum absolute atomic E-state index is 0.785. The maximum Gasteiger partial charge on any atom is 0.120 e. The van der Waals surface area contributed by atoms with Gasteiger partial charge in [-0.15, -0.1) is 6.42 Å². The van der Waals surface area contributed by atoms with Crippen molar-refractivity contribution >= 4 is 0 Å². The van der Waals surface area contributed by atoms with Crippen molar-refractivity contribution in [1.29, 1.82) is 0 Å². The van der Waals surface area contributed by atoms with E-state index in [1.807, 2.05) is 12.2 Å². The van der Waals surface area contributed by atoms with Crippen LogP contribution in [0.2, 0.25) is 0 Å². The molecule has 25 heavy (non-hydrogen) atoms. The van der Waals surface area contributed by atoms with Crippen LogP contribution in [0.4, 0.5) is 0 Å². The zero-order valence-corrected chi connectivity index (χ0v) is 15.3. The Morgan fingerprint density at radius 3 is 2.04 bits per heavy atom. The number of unbranched alkanes of at least 4 members (excludes halogenated alkanes) is 5. The summed E-state index contributed by atoms with van der Waals surface area (Å²) in [6.45, 7) is 3.35. The number of hydrogen-bond acceptors (Lipinski definition) is 1. The standard InChI is InChI=1S/C24H26O/c1-4-5-6-7-8-9-10-11-12-13-14-15-16-17-18-19-20-21-22-23-24(2,3)25/h1,14-15,20-21,25H,7-9,16-19H2,2-3H3/b15-14-,21-20-. The molecule has 0 aliphatic rings. The Balaban J connectivity index is 3.67. The van der Waals surface area contributed by atoms with Gasteiger partial charge in [-0.3, -0.25) is 0 Å². The lowest BCUT2D eigenvalue weighted by Gasteiger charge is -2.04. The number of aliphatic hydroxyl groups is 1. The van der Waals surface area contributed by atoms with Crippen LogP contribution < -0.4 is 0 Å². The highest BCUT2D eigenvalue weighted by Crippen LogP contribution is 2.01. The molecule has 0 heterocycles. The molecule has 0 aromatic carbocycles. The summed E-state index contributed by atoms with van der Waals surface area (Å²) < 4.78 is 0. The van der Waals surface area contributed by atoms with E-state index in [9.17, 15) is 5.11 Å². The van der Waals surface area contributed by atoms with Crippen molar-refractivity contribution in [3.8, 4) is 59.7 Å². The Kier molecular flexibility index (Phi) is 14.3. The van der Waals surface area contributed by atoms with Crippen LogP contribution in [-0.4, -0.2) is 10.7 Å². The van der Waals surface area contributed by atoms with Crippen LogP contribution in [0, 0.1) is 59.7 Å². The minimum Gasteiger partial charge on any atom is -0.378 e. The zero-order valence-electron chi connectivity index (χ0n) is 15.3. The summed E-state index contributed by atoms with van der Waals surface area (Å²) in [5.74, 6) is 24.9. The highest BCUT2D eigenvalue weighted by Gasteiger charge is 2.04. The number of hydrogen-bond donors (Lipinski definition) is 1. The minimum atomic E-state index is -0.919. The topological polar surface area (TPSA) is 20.2 Å². The molecule has 0 saturated heterocycles. The fourth-order valence-corrected chi connectivity index (χ4v) is 1.59. The summed E-state index contributed by atoms with van der Waals surface area (Å²) >= 11 is 0. The largest absolute Gasteiger partial charge is 0.378 e. The van der Waals surface area contributed by atoms with Gasteiger partial charge in [-0.05, 0) is 81.8 Å². The average molecular weight is 330 g/mol. The van der Waals surface area contributed by atoms with Crippen LogP contribution in [0.25, 0.3) is 0 Å². The predicted octanol–water partition coefficient (Wildman–Crippen LogP) is 4.25. The van der Waals surface area contributed by atoms with Crippen LogP contribution in [0.1, 0.15) is 58.8 Å². The van der Waals surface area contributed by atoms with E-state index in [-0.39, 0.29) is 0 Å². The monoisotopic (exact) mass is 330 g/mol. The van der Waals surface area contributed by atoms with Crippen molar-refractivity contribution in [3.63, 3.8) is 0 Å². The van der Waals surface area contributed by atoms with E-state index in [1.165, 1.54) is 0 Å². The molecule has 1 N–H and O–H groups in total. The first-order valence-corrected chi connectivity index (χ1v) is 8.53. The molecule has 0 aromatic heterocycles. The molecule has 0 amide bonds. The molecule has 1 nitrogen and oxygen atoms in total. The molecule has 0 rings (SSSR count). The molecule has 0 spiro atoms. The van der Waals surface area contributed by atoms with Crippen molar-refractivity contribution in [3.05, 3.63) is 24.3 Å². The van der Waals surface area contributed by atoms with Crippen LogP contribution in [0.15, 0.2) is 24.3 Å². The number of allylic oxidation sites excluding steroid dienone is 4. The van der Waals surface area contributed by atoms with Crippen molar-refractivity contribution in [1.82, 2.24) is 0 Å². The van der Waals surface area contributed by atoms with Crippen LogP contribution >= 0.6 is 0 Å². The molecule has 0 unspecified atom stereocenters. The van der Waals surface area contributed by atoms with E-state index in [1.54, 1.807) is 19.9 Å². The lowest BCUT2D eigenvalue weighted by Crippen LogP contribution is -2.14. The smallest absolute Gasteiger partial charge is 0.120 e. The first-order valence-electron chi connectivity index (χ1n) is 8.53. The van der Waals surface area contributed by atoms with Gasteiger partial charge < -0.3 is 5.11 Å². The molecule has 0 atom stereocenters. The molecule has 0 aliphatic heterocycles. The molecular weight excluding hydrogens is 304 g/mol. The Bertz CT molecular complexity index is 705. The normalized spacial score (nSPS) is 9.68. The van der Waals surface area contributed by atoms with Crippen molar-refractivity contribution in [2.45, 2.75) is 64.4 Å². The van der Waals surface area contributed by atoms with Gasteiger partial charge in [0, 0.05) is 12.8 Å². The Labute approximate surface area is 154 Å². The SMILES string of the molecule is C#CC#CCCCC#CC#C/C=C\CCCC/C=C\C#CC(C)(C)O. The van der Waals surface area contributed by atoms with Crippen molar-refractivity contribution < 1.29 is 5.11 Å². The van der Waals surface area contributed by atoms with E-state index in [4.69, 9.17) is 6.42 Å². The summed E-state index contributed by atoms with van der Waals surface area (Å²) in [5.41, 5.74) is -0.919. The van der Waals surface area contributed by atoms with E-state index < -0.39 is 5.60 Å². The quantitative estimate of drug-likeness (QED) is 0.546. The van der Waals surface area contributed by atoms with Gasteiger partial charge in [0.1, 0.15) is 5.60 Å². The Hall–Kier alpha value is -2.76. The summed E-state index contributed by atoms with van der Waals surface area (Å²) in [7, 11) is 0. The van der Waals surface area contributed by atoms with Crippen LogP contribution in [0.5, 0.6) is 0 Å². The number of terminal acetylenes is 1. The molecule has 0 fully saturated rings. The van der Waals surface area contributed by atoms with Gasteiger partial charge in [-0.25, -0.2) is 0 Å². The van der Waals surface area contributed by atoms with E-state index in [2.05, 4.69) is 59.4 Å². The lowest BCUT2D eigenvalue weighted by molar-refractivity contribution is 0.143. The third-order valence-electron chi connectivity index (χ3n) is 2.76. The van der Waals surface area contributed by atoms with Gasteiger partial charge in [-0.1, -0.05) is 41.8 Å². The van der Waals surface area contributed by atoms with Gasteiger partial charge in [0.05, 0.1) is 0 Å². The second-order valence-corrected chi connectivity index (χ2v) is 5.79. The molecule has 1 heteroatoms. The average Bonchev–Trinajstić information content (AvgIpc) is 2.56. The molecule has 0 aliphatic carbocycles. The van der Waals surface area contributed by atoms with Crippen molar-refractivity contribution in [2.24, 2.45) is 0 Å². The highest BCUT2D eigenvalue weighted by molar-refractivity contribution is 5.30. The van der Waals surface area contributed by atoms with E-state index >= 15 is 0 Å². The summed E-state index contributed by atoms with van der Waals surface area (Å²) in [5, 5.41) is 9.42. The third-order valence-corrected chi connectivity index (χ3v) is 2.76. The third kappa shape index (κ3) is 21.2. The van der Waals surface area contributed by atoms with E-state index in [0.29, 0.717) is 0 Å². The fraction of sp³-hybridized carbons (Fsp3) is 0.417. The molecule has 128 valence electrons. The Morgan fingerprint density at radius 1 is 0.840 bits per heavy atom. The van der Waals surface area contributed by atoms with Gasteiger partial charge in [0.25, 0.3) is 0 Å². The van der Waals surface area contributed by atoms with Gasteiger partial charge >= 0.3 is 0 Å². The highest BCUT2D eigenvalue weighted by atomic mass is 16.3. The molecule has 0 aromatic rings. The molecular formula is C24H26O. The van der Waals surface area contributed by atoms with Gasteiger partial charge in [-0.2, -0.15) is 0 Å². The second-order valence-electron chi connectivity index (χ2n) is 5.79. The van der Waals surface area contributed by atoms with Crippen LogP contribution in [-0.2, 0) is 0 Å². The zero-order chi connectivity index (χ0) is 18.6. The van der Waals surface area contributed by atoms with Crippen molar-refractivity contribution in [2.75, 3.05) is 0 Å². The predicted molar refractivity (Wildman–Crippen MR) is 107 cm³/mol. The maximum absolute atomic E-state index is 9.42. The van der Waals surface area contributed by atoms with Crippen LogP contribution in [0.3, 0.4) is 0 Å².